The molecule has 1 aliphatic heterocycles. The van der Waals surface area contributed by atoms with Crippen molar-refractivity contribution in [2.45, 2.75) is 26.8 Å². The Hall–Kier alpha value is -3.31. The van der Waals surface area contributed by atoms with Gasteiger partial charge >= 0.3 is 6.01 Å². The Labute approximate surface area is 210 Å². The molecule has 1 aromatic heterocycles. The number of ether oxygens (including phenoxy) is 2. The fourth-order valence-corrected chi connectivity index (χ4v) is 3.35. The Balaban J connectivity index is 1.66. The van der Waals surface area contributed by atoms with Crippen LogP contribution in [0.1, 0.15) is 25.8 Å². The van der Waals surface area contributed by atoms with Crippen LogP contribution in [-0.4, -0.2) is 67.8 Å². The molecule has 2 aromatic rings. The maximum atomic E-state index is 11.4. The first-order valence-corrected chi connectivity index (χ1v) is 11.9. The summed E-state index contributed by atoms with van der Waals surface area (Å²) in [5.74, 6) is 1.32. The maximum absolute atomic E-state index is 11.4. The van der Waals surface area contributed by atoms with Crippen LogP contribution in [0.25, 0.3) is 0 Å². The van der Waals surface area contributed by atoms with Crippen molar-refractivity contribution in [3.63, 3.8) is 0 Å². The average molecular weight is 503 g/mol. The molecular formula is C23H31ClN8O3. The highest BCUT2D eigenvalue weighted by molar-refractivity contribution is 6.30. The number of guanidine groups is 1. The minimum Gasteiger partial charge on any atom is -0.461 e. The smallest absolute Gasteiger partial charge is 0.320 e. The molecule has 1 aromatic carbocycles. The minimum absolute atomic E-state index is 0.192. The molecule has 2 heterocycles. The molecule has 1 amide bonds. The van der Waals surface area contributed by atoms with Crippen LogP contribution in [-0.2, 0) is 16.1 Å². The van der Waals surface area contributed by atoms with Crippen LogP contribution in [0.2, 0.25) is 5.02 Å². The van der Waals surface area contributed by atoms with Gasteiger partial charge in [-0.1, -0.05) is 30.7 Å². The third-order valence-electron chi connectivity index (χ3n) is 4.74. The summed E-state index contributed by atoms with van der Waals surface area (Å²) >= 11 is 6.04. The molecule has 1 fully saturated rings. The second-order valence-electron chi connectivity index (χ2n) is 7.68. The van der Waals surface area contributed by atoms with Gasteiger partial charge in [0.25, 0.3) is 0 Å². The molecule has 35 heavy (non-hydrogen) atoms. The molecule has 3 rings (SSSR count). The van der Waals surface area contributed by atoms with Crippen LogP contribution >= 0.6 is 11.6 Å². The lowest BCUT2D eigenvalue weighted by Gasteiger charge is -2.27. The van der Waals surface area contributed by atoms with E-state index in [2.05, 4.69) is 40.7 Å². The van der Waals surface area contributed by atoms with Crippen molar-refractivity contribution in [3.8, 4) is 6.01 Å². The maximum Gasteiger partial charge on any atom is 0.320 e. The molecule has 188 valence electrons. The Morgan fingerprint density at radius 1 is 1.26 bits per heavy atom. The summed E-state index contributed by atoms with van der Waals surface area (Å²) in [5.41, 5.74) is 0.950. The Morgan fingerprint density at radius 3 is 2.83 bits per heavy atom. The largest absolute Gasteiger partial charge is 0.461 e. The number of benzene rings is 1. The first-order valence-electron chi connectivity index (χ1n) is 11.6. The molecule has 11 nitrogen and oxygen atoms in total. The molecule has 12 heteroatoms. The van der Waals surface area contributed by atoms with Gasteiger partial charge in [0.2, 0.25) is 5.91 Å². The molecule has 0 radical (unpaired) electrons. The number of carbonyl (C=O) groups excluding carboxylic acids is 1. The molecule has 0 aliphatic carbocycles. The molecule has 0 unspecified atom stereocenters. The highest BCUT2D eigenvalue weighted by Crippen LogP contribution is 2.23. The number of hydrogen-bond donors (Lipinski definition) is 2. The Kier molecular flexibility index (Phi) is 10.6. The van der Waals surface area contributed by atoms with Crippen molar-refractivity contribution < 1.29 is 14.3 Å². The van der Waals surface area contributed by atoms with Crippen LogP contribution in [0.4, 0.5) is 11.6 Å². The van der Waals surface area contributed by atoms with E-state index in [1.165, 1.54) is 6.92 Å². The van der Waals surface area contributed by atoms with E-state index in [1.807, 2.05) is 31.2 Å². The lowest BCUT2D eigenvalue weighted by molar-refractivity contribution is -0.117. The zero-order valence-electron chi connectivity index (χ0n) is 20.0. The van der Waals surface area contributed by atoms with E-state index in [9.17, 15) is 4.79 Å². The highest BCUT2D eigenvalue weighted by Gasteiger charge is 2.16. The first-order chi connectivity index (χ1) is 17.0. The van der Waals surface area contributed by atoms with Crippen LogP contribution in [0.15, 0.2) is 45.6 Å². The number of aliphatic imine (C=N–C) groups is 1. The standard InChI is InChI=1S/C23H31ClN8O3/c1-3-7-25-22(28-17(2)33)26-8-11-35-23-29-20(15-21(30-23)32-9-12-34-13-10-32)31-27-16-18-5-4-6-19(24)14-18/h4-6,14-15H,3,7-13,16H2,1-2H3,(H2,25,26,28,33). The van der Waals surface area contributed by atoms with Crippen LogP contribution < -0.4 is 20.3 Å². The summed E-state index contributed by atoms with van der Waals surface area (Å²) in [6, 6.07) is 9.45. The summed E-state index contributed by atoms with van der Waals surface area (Å²) in [5, 5.41) is 14.9. The predicted molar refractivity (Wildman–Crippen MR) is 135 cm³/mol. The summed E-state index contributed by atoms with van der Waals surface area (Å²) < 4.78 is 11.2. The SMILES string of the molecule is CCCN=C(NCCOc1nc(N=NCc2cccc(Cl)c2)cc(N2CCOCC2)n1)NC(C)=O. The monoisotopic (exact) mass is 502 g/mol. The number of nitrogens with one attached hydrogen (secondary N) is 2. The third kappa shape index (κ3) is 9.45. The van der Waals surface area contributed by atoms with Gasteiger partial charge in [0, 0.05) is 37.6 Å². The molecule has 1 aliphatic rings. The van der Waals surface area contributed by atoms with Crippen molar-refractivity contribution in [2.24, 2.45) is 15.2 Å². The predicted octanol–water partition coefficient (Wildman–Crippen LogP) is 3.12. The minimum atomic E-state index is -0.192. The van der Waals surface area contributed by atoms with Crippen molar-refractivity contribution in [1.29, 1.82) is 0 Å². The number of carbonyl (C=O) groups is 1. The number of azo groups is 1. The Bertz CT molecular complexity index is 1030. The van der Waals surface area contributed by atoms with Gasteiger partial charge < -0.3 is 19.7 Å². The van der Waals surface area contributed by atoms with Gasteiger partial charge in [0.05, 0.1) is 26.3 Å². The number of nitrogens with zero attached hydrogens (tertiary/aromatic N) is 6. The summed E-state index contributed by atoms with van der Waals surface area (Å²) in [4.78, 5) is 26.7. The van der Waals surface area contributed by atoms with Gasteiger partial charge in [-0.2, -0.15) is 15.1 Å². The lowest BCUT2D eigenvalue weighted by atomic mass is 10.2. The second-order valence-corrected chi connectivity index (χ2v) is 8.12. The van der Waals surface area contributed by atoms with Gasteiger partial charge in [-0.05, 0) is 24.1 Å². The van der Waals surface area contributed by atoms with Crippen LogP contribution in [0.5, 0.6) is 6.01 Å². The van der Waals surface area contributed by atoms with Crippen LogP contribution in [0.3, 0.4) is 0 Å². The zero-order valence-corrected chi connectivity index (χ0v) is 20.8. The molecular weight excluding hydrogens is 472 g/mol. The van der Waals surface area contributed by atoms with E-state index < -0.39 is 0 Å². The second kappa shape index (κ2) is 14.2. The summed E-state index contributed by atoms with van der Waals surface area (Å²) in [6.07, 6.45) is 0.873. The third-order valence-corrected chi connectivity index (χ3v) is 4.98. The van der Waals surface area contributed by atoms with Crippen molar-refractivity contribution in [2.75, 3.05) is 50.9 Å². The van der Waals surface area contributed by atoms with Gasteiger partial charge in [0.1, 0.15) is 12.4 Å². The highest BCUT2D eigenvalue weighted by atomic mass is 35.5. The van der Waals surface area contributed by atoms with Crippen molar-refractivity contribution in [3.05, 3.63) is 40.9 Å². The fraction of sp³-hybridized carbons (Fsp3) is 0.478. The number of morpholine rings is 1. The number of hydrogen-bond acceptors (Lipinski definition) is 9. The molecule has 0 bridgehead atoms. The molecule has 2 N–H and O–H groups in total. The molecule has 1 saturated heterocycles. The van der Waals surface area contributed by atoms with E-state index in [0.29, 0.717) is 68.6 Å². The van der Waals surface area contributed by atoms with E-state index in [1.54, 1.807) is 6.07 Å². The molecule has 0 atom stereocenters. The van der Waals surface area contributed by atoms with E-state index in [4.69, 9.17) is 21.1 Å². The van der Waals surface area contributed by atoms with Gasteiger partial charge in [-0.15, -0.1) is 5.11 Å². The Morgan fingerprint density at radius 2 is 2.09 bits per heavy atom. The fourth-order valence-electron chi connectivity index (χ4n) is 3.14. The molecule has 0 saturated carbocycles. The molecule has 0 spiro atoms. The number of anilines is 1. The average Bonchev–Trinajstić information content (AvgIpc) is 2.85. The number of aromatic nitrogens is 2. The van der Waals surface area contributed by atoms with Gasteiger partial charge in [0.15, 0.2) is 11.8 Å². The van der Waals surface area contributed by atoms with Crippen LogP contribution in [0, 0.1) is 0 Å². The van der Waals surface area contributed by atoms with Gasteiger partial charge in [-0.3, -0.25) is 15.1 Å². The van der Waals surface area contributed by atoms with Gasteiger partial charge in [-0.25, -0.2) is 0 Å². The van der Waals surface area contributed by atoms with E-state index in [-0.39, 0.29) is 18.5 Å². The normalized spacial score (nSPS) is 14.3. The zero-order chi connectivity index (χ0) is 24.9. The van der Waals surface area contributed by atoms with Crippen molar-refractivity contribution >= 4 is 35.1 Å². The van der Waals surface area contributed by atoms with Crippen molar-refractivity contribution in [1.82, 2.24) is 20.6 Å². The van der Waals surface area contributed by atoms with E-state index in [0.717, 1.165) is 12.0 Å². The summed E-state index contributed by atoms with van der Waals surface area (Å²) in [6.45, 7) is 7.77. The lowest BCUT2D eigenvalue weighted by Crippen LogP contribution is -2.41. The quantitative estimate of drug-likeness (QED) is 0.221. The number of amides is 1. The first kappa shape index (κ1) is 26.3. The summed E-state index contributed by atoms with van der Waals surface area (Å²) in [7, 11) is 0. The number of rotatable bonds is 10. The topological polar surface area (TPSA) is 126 Å². The van der Waals surface area contributed by atoms with E-state index >= 15 is 0 Å². The number of halogens is 1.